The molecule has 0 heterocycles. The first-order chi connectivity index (χ1) is 4.48. The number of rotatable bonds is 1. The zero-order valence-electron chi connectivity index (χ0n) is 7.65. The van der Waals surface area contributed by atoms with Crippen molar-refractivity contribution in [3.8, 4) is 11.8 Å². The minimum Gasteiger partial charge on any atom is -0.290 e. The van der Waals surface area contributed by atoms with Crippen molar-refractivity contribution in [2.45, 2.75) is 33.2 Å². The molecule has 0 aromatic heterocycles. The van der Waals surface area contributed by atoms with E-state index in [9.17, 15) is 0 Å². The molecule has 0 N–H and O–H groups in total. The van der Waals surface area contributed by atoms with Crippen molar-refractivity contribution in [1.82, 2.24) is 4.90 Å². The van der Waals surface area contributed by atoms with E-state index < -0.39 is 0 Å². The zero-order valence-corrected chi connectivity index (χ0v) is 7.65. The molecule has 0 aliphatic carbocycles. The maximum absolute atomic E-state index is 3.03. The lowest BCUT2D eigenvalue weighted by Crippen LogP contribution is -2.38. The van der Waals surface area contributed by atoms with E-state index in [-0.39, 0.29) is 5.54 Å². The molecule has 0 fully saturated rings. The van der Waals surface area contributed by atoms with Crippen molar-refractivity contribution in [1.29, 1.82) is 0 Å². The maximum Gasteiger partial charge on any atom is 0.0603 e. The Morgan fingerprint density at radius 2 is 1.80 bits per heavy atom. The van der Waals surface area contributed by atoms with Gasteiger partial charge in [0.1, 0.15) is 0 Å². The van der Waals surface area contributed by atoms with Crippen LogP contribution in [0.4, 0.5) is 0 Å². The van der Waals surface area contributed by atoms with Gasteiger partial charge >= 0.3 is 0 Å². The fourth-order valence-electron chi connectivity index (χ4n) is 0.435. The lowest BCUT2D eigenvalue weighted by Gasteiger charge is -2.29. The van der Waals surface area contributed by atoms with Gasteiger partial charge in [-0.2, -0.15) is 0 Å². The molecule has 0 amide bonds. The Kier molecular flexibility index (Phi) is 3.46. The summed E-state index contributed by atoms with van der Waals surface area (Å²) < 4.78 is 0. The van der Waals surface area contributed by atoms with Gasteiger partial charge in [0.05, 0.1) is 6.54 Å². The fourth-order valence-corrected chi connectivity index (χ4v) is 0.435. The van der Waals surface area contributed by atoms with Crippen LogP contribution in [0.3, 0.4) is 0 Å². The van der Waals surface area contributed by atoms with Crippen LogP contribution >= 0.6 is 0 Å². The van der Waals surface area contributed by atoms with Gasteiger partial charge in [0, 0.05) is 5.54 Å². The summed E-state index contributed by atoms with van der Waals surface area (Å²) in [7, 11) is 2.09. The number of hydrogen-bond acceptors (Lipinski definition) is 1. The topological polar surface area (TPSA) is 3.24 Å². The molecule has 1 nitrogen and oxygen atoms in total. The predicted octanol–water partition coefficient (Wildman–Crippen LogP) is 1.74. The monoisotopic (exact) mass is 139 g/mol. The third kappa shape index (κ3) is 3.53. The molecule has 0 radical (unpaired) electrons. The molecule has 0 spiro atoms. The van der Waals surface area contributed by atoms with Crippen LogP contribution in [-0.4, -0.2) is 24.0 Å². The first-order valence-electron chi connectivity index (χ1n) is 3.59. The van der Waals surface area contributed by atoms with E-state index in [1.165, 1.54) is 0 Å². The Morgan fingerprint density at radius 1 is 1.30 bits per heavy atom. The molecule has 0 saturated heterocycles. The van der Waals surface area contributed by atoms with E-state index in [0.717, 1.165) is 6.54 Å². The van der Waals surface area contributed by atoms with Gasteiger partial charge in [-0.1, -0.05) is 5.92 Å². The van der Waals surface area contributed by atoms with Crippen molar-refractivity contribution in [3.63, 3.8) is 0 Å². The molecule has 0 bridgehead atoms. The summed E-state index contributed by atoms with van der Waals surface area (Å²) in [5, 5.41) is 0. The molecule has 0 rings (SSSR count). The molecule has 0 aliphatic heterocycles. The van der Waals surface area contributed by atoms with Crippen LogP contribution in [0.1, 0.15) is 27.7 Å². The van der Waals surface area contributed by atoms with Gasteiger partial charge in [0.25, 0.3) is 0 Å². The number of nitrogens with zero attached hydrogens (tertiary/aromatic N) is 1. The summed E-state index contributed by atoms with van der Waals surface area (Å²) in [6.07, 6.45) is 0. The van der Waals surface area contributed by atoms with E-state index in [4.69, 9.17) is 0 Å². The van der Waals surface area contributed by atoms with Crippen molar-refractivity contribution in [3.05, 3.63) is 0 Å². The second-order valence-corrected chi connectivity index (χ2v) is 3.45. The first kappa shape index (κ1) is 9.52. The minimum absolute atomic E-state index is 0.240. The molecule has 0 unspecified atom stereocenters. The van der Waals surface area contributed by atoms with Crippen LogP contribution in [0.5, 0.6) is 0 Å². The summed E-state index contributed by atoms with van der Waals surface area (Å²) in [6.45, 7) is 9.29. The zero-order chi connectivity index (χ0) is 8.20. The fraction of sp³-hybridized carbons (Fsp3) is 0.778. The quantitative estimate of drug-likeness (QED) is 0.500. The summed E-state index contributed by atoms with van der Waals surface area (Å²) in [5.41, 5.74) is 0.240. The average Bonchev–Trinajstić information content (AvgIpc) is 1.80. The van der Waals surface area contributed by atoms with E-state index in [1.807, 2.05) is 6.92 Å². The molecule has 0 atom stereocenters. The van der Waals surface area contributed by atoms with Crippen LogP contribution in [-0.2, 0) is 0 Å². The molecule has 10 heavy (non-hydrogen) atoms. The molecule has 0 aromatic rings. The standard InChI is InChI=1S/C9H17N/c1-6-7-8-10(5)9(2,3)4/h8H2,1-5H3. The van der Waals surface area contributed by atoms with Crippen LogP contribution in [0.15, 0.2) is 0 Å². The summed E-state index contributed by atoms with van der Waals surface area (Å²) in [5.74, 6) is 5.91. The third-order valence-electron chi connectivity index (χ3n) is 1.64. The lowest BCUT2D eigenvalue weighted by atomic mass is 10.1. The average molecular weight is 139 g/mol. The van der Waals surface area contributed by atoms with Crippen molar-refractivity contribution in [2.75, 3.05) is 13.6 Å². The third-order valence-corrected chi connectivity index (χ3v) is 1.64. The minimum atomic E-state index is 0.240. The smallest absolute Gasteiger partial charge is 0.0603 e. The van der Waals surface area contributed by atoms with E-state index in [2.05, 4.69) is 44.6 Å². The molecule has 0 saturated carbocycles. The van der Waals surface area contributed by atoms with E-state index in [1.54, 1.807) is 0 Å². The van der Waals surface area contributed by atoms with Crippen molar-refractivity contribution in [2.24, 2.45) is 0 Å². The van der Waals surface area contributed by atoms with Crippen molar-refractivity contribution < 1.29 is 0 Å². The first-order valence-corrected chi connectivity index (χ1v) is 3.59. The molecule has 0 aromatic carbocycles. The maximum atomic E-state index is 3.03. The van der Waals surface area contributed by atoms with Gasteiger partial charge in [-0.25, -0.2) is 0 Å². The highest BCUT2D eigenvalue weighted by Gasteiger charge is 2.14. The number of hydrogen-bond donors (Lipinski definition) is 0. The Labute approximate surface area is 64.4 Å². The van der Waals surface area contributed by atoms with Gasteiger partial charge in [-0.3, -0.25) is 4.90 Å². The molecular formula is C9H17N. The molecular weight excluding hydrogens is 122 g/mol. The van der Waals surface area contributed by atoms with Gasteiger partial charge in [-0.05, 0) is 34.7 Å². The molecule has 1 heteroatoms. The second-order valence-electron chi connectivity index (χ2n) is 3.45. The van der Waals surface area contributed by atoms with Crippen LogP contribution in [0.25, 0.3) is 0 Å². The van der Waals surface area contributed by atoms with Crippen LogP contribution < -0.4 is 0 Å². The van der Waals surface area contributed by atoms with E-state index in [0.29, 0.717) is 0 Å². The summed E-state index contributed by atoms with van der Waals surface area (Å²) >= 11 is 0. The van der Waals surface area contributed by atoms with E-state index >= 15 is 0 Å². The van der Waals surface area contributed by atoms with Gasteiger partial charge in [0.15, 0.2) is 0 Å². The van der Waals surface area contributed by atoms with Gasteiger partial charge in [0.2, 0.25) is 0 Å². The van der Waals surface area contributed by atoms with Gasteiger partial charge in [-0.15, -0.1) is 5.92 Å². The summed E-state index contributed by atoms with van der Waals surface area (Å²) in [4.78, 5) is 2.23. The lowest BCUT2D eigenvalue weighted by molar-refractivity contribution is 0.199. The normalized spacial score (nSPS) is 11.0. The van der Waals surface area contributed by atoms with Gasteiger partial charge < -0.3 is 0 Å². The Bertz CT molecular complexity index is 142. The highest BCUT2D eigenvalue weighted by atomic mass is 15.1. The highest BCUT2D eigenvalue weighted by Crippen LogP contribution is 2.08. The predicted molar refractivity (Wildman–Crippen MR) is 45.8 cm³/mol. The Hall–Kier alpha value is -0.480. The molecule has 0 aliphatic rings. The SMILES string of the molecule is CC#CCN(C)C(C)(C)C. The van der Waals surface area contributed by atoms with Crippen LogP contribution in [0.2, 0.25) is 0 Å². The second kappa shape index (κ2) is 3.63. The highest BCUT2D eigenvalue weighted by molar-refractivity contribution is 4.98. The van der Waals surface area contributed by atoms with Crippen LogP contribution in [0, 0.1) is 11.8 Å². The largest absolute Gasteiger partial charge is 0.290 e. The Morgan fingerprint density at radius 3 is 2.10 bits per heavy atom. The Balaban J connectivity index is 3.81. The molecule has 58 valence electrons. The van der Waals surface area contributed by atoms with Crippen molar-refractivity contribution >= 4 is 0 Å². The summed E-state index contributed by atoms with van der Waals surface area (Å²) in [6, 6.07) is 0.